The van der Waals surface area contributed by atoms with Crippen LogP contribution in [0.5, 0.6) is 0 Å². The van der Waals surface area contributed by atoms with Gasteiger partial charge in [0.05, 0.1) is 6.04 Å². The molecule has 5 N–H and O–H groups in total. The zero-order chi connectivity index (χ0) is 24.9. The molecule has 1 fully saturated rings. The molecule has 0 spiro atoms. The van der Waals surface area contributed by atoms with Crippen molar-refractivity contribution in [3.63, 3.8) is 0 Å². The summed E-state index contributed by atoms with van der Waals surface area (Å²) in [4.78, 5) is 40.3. The average molecular weight is 477 g/mol. The highest BCUT2D eigenvalue weighted by Crippen LogP contribution is 2.44. The quantitative estimate of drug-likeness (QED) is 0.569. The van der Waals surface area contributed by atoms with E-state index in [0.29, 0.717) is 18.8 Å². The van der Waals surface area contributed by atoms with Gasteiger partial charge in [-0.05, 0) is 67.2 Å². The molecule has 1 aliphatic carbocycles. The Balaban J connectivity index is 1.64. The molecule has 1 aliphatic heterocycles. The third-order valence-electron chi connectivity index (χ3n) is 7.41. The van der Waals surface area contributed by atoms with E-state index in [1.165, 1.54) is 24.2 Å². The summed E-state index contributed by atoms with van der Waals surface area (Å²) in [7, 11) is 0. The topological polar surface area (TPSA) is 119 Å². The number of aryl methyl sites for hydroxylation is 1. The first kappa shape index (κ1) is 24.9. The van der Waals surface area contributed by atoms with Crippen molar-refractivity contribution in [3.05, 3.63) is 65.2 Å². The van der Waals surface area contributed by atoms with Crippen molar-refractivity contribution in [3.8, 4) is 0 Å². The van der Waals surface area contributed by atoms with Crippen LogP contribution < -0.4 is 21.7 Å². The number of carbonyl (C=O) groups is 3. The molecule has 3 unspecified atom stereocenters. The largest absolute Gasteiger partial charge is 0.368 e. The fourth-order valence-corrected chi connectivity index (χ4v) is 5.65. The van der Waals surface area contributed by atoms with E-state index in [1.54, 1.807) is 0 Å². The number of amides is 3. The van der Waals surface area contributed by atoms with Crippen molar-refractivity contribution in [2.24, 2.45) is 17.4 Å². The van der Waals surface area contributed by atoms with Crippen LogP contribution in [-0.2, 0) is 20.8 Å². The van der Waals surface area contributed by atoms with Gasteiger partial charge in [0.1, 0.15) is 12.6 Å². The Labute approximate surface area is 207 Å². The molecule has 7 nitrogen and oxygen atoms in total. The van der Waals surface area contributed by atoms with Gasteiger partial charge in [-0.3, -0.25) is 14.4 Å². The van der Waals surface area contributed by atoms with Crippen molar-refractivity contribution in [1.82, 2.24) is 5.32 Å². The summed E-state index contributed by atoms with van der Waals surface area (Å²) in [5.74, 6) is -0.745. The van der Waals surface area contributed by atoms with Crippen molar-refractivity contribution in [2.45, 2.75) is 69.9 Å². The fourth-order valence-electron chi connectivity index (χ4n) is 5.65. The second kappa shape index (κ2) is 11.0. The number of hydrogen-bond donors (Lipinski definition) is 3. The molecule has 0 radical (unpaired) electrons. The molecule has 3 amide bonds. The molecule has 2 aromatic carbocycles. The highest BCUT2D eigenvalue weighted by molar-refractivity contribution is 6.04. The van der Waals surface area contributed by atoms with Crippen LogP contribution in [-0.4, -0.2) is 36.3 Å². The number of nitrogens with two attached hydrogens (primary N) is 2. The van der Waals surface area contributed by atoms with E-state index < -0.39 is 18.0 Å². The Bertz CT molecular complexity index is 1070. The van der Waals surface area contributed by atoms with Gasteiger partial charge in [0, 0.05) is 5.69 Å². The normalized spacial score (nSPS) is 21.7. The van der Waals surface area contributed by atoms with Gasteiger partial charge in [-0.1, -0.05) is 61.7 Å². The second-order valence-electron chi connectivity index (χ2n) is 10.1. The zero-order valence-electron chi connectivity index (χ0n) is 20.4. The predicted molar refractivity (Wildman–Crippen MR) is 137 cm³/mol. The van der Waals surface area contributed by atoms with Crippen LogP contribution in [0.1, 0.15) is 61.1 Å². The number of primary amides is 1. The number of carbonyl (C=O) groups excluding carboxylic acids is 3. The molecule has 2 aliphatic rings. The summed E-state index contributed by atoms with van der Waals surface area (Å²) in [5.41, 5.74) is 15.5. The van der Waals surface area contributed by atoms with Gasteiger partial charge >= 0.3 is 0 Å². The van der Waals surface area contributed by atoms with E-state index >= 15 is 0 Å². The Morgan fingerprint density at radius 3 is 2.49 bits per heavy atom. The Morgan fingerprint density at radius 1 is 1.09 bits per heavy atom. The highest BCUT2D eigenvalue weighted by atomic mass is 16.2. The maximum Gasteiger partial charge on any atom is 0.250 e. The Hall–Kier alpha value is -3.19. The Morgan fingerprint density at radius 2 is 1.80 bits per heavy atom. The minimum absolute atomic E-state index is 0.100. The van der Waals surface area contributed by atoms with Crippen LogP contribution in [0.15, 0.2) is 48.5 Å². The van der Waals surface area contributed by atoms with Gasteiger partial charge in [-0.25, -0.2) is 0 Å². The summed E-state index contributed by atoms with van der Waals surface area (Å²) >= 11 is 0. The summed E-state index contributed by atoms with van der Waals surface area (Å²) in [6.45, 7) is 1.74. The molecule has 3 atom stereocenters. The summed E-state index contributed by atoms with van der Waals surface area (Å²) < 4.78 is 0. The van der Waals surface area contributed by atoms with Gasteiger partial charge in [-0.2, -0.15) is 0 Å². The molecule has 2 aromatic rings. The fraction of sp³-hybridized carbons (Fsp3) is 0.464. The van der Waals surface area contributed by atoms with Gasteiger partial charge < -0.3 is 21.7 Å². The van der Waals surface area contributed by atoms with Crippen LogP contribution in [0.2, 0.25) is 0 Å². The van der Waals surface area contributed by atoms with Gasteiger partial charge in [0.25, 0.3) is 0 Å². The molecule has 1 saturated carbocycles. The van der Waals surface area contributed by atoms with E-state index in [-0.39, 0.29) is 24.3 Å². The molecule has 0 aromatic heterocycles. The lowest BCUT2D eigenvalue weighted by Gasteiger charge is -2.32. The smallest absolute Gasteiger partial charge is 0.250 e. The van der Waals surface area contributed by atoms with Gasteiger partial charge in [0.15, 0.2) is 0 Å². The molecule has 0 bridgehead atoms. The van der Waals surface area contributed by atoms with Crippen LogP contribution >= 0.6 is 0 Å². The van der Waals surface area contributed by atoms with Crippen LogP contribution in [0.3, 0.4) is 0 Å². The number of nitrogens with zero attached hydrogens (tertiary/aromatic N) is 1. The monoisotopic (exact) mass is 476 g/mol. The molecular formula is C28H36N4O3. The van der Waals surface area contributed by atoms with Crippen LogP contribution in [0, 0.1) is 12.8 Å². The van der Waals surface area contributed by atoms with Gasteiger partial charge in [-0.15, -0.1) is 0 Å². The lowest BCUT2D eigenvalue weighted by Crippen LogP contribution is -2.54. The van der Waals surface area contributed by atoms with Crippen LogP contribution in [0.25, 0.3) is 0 Å². The average Bonchev–Trinajstić information content (AvgIpc) is 2.95. The number of anilines is 1. The SMILES string of the molecule is Cc1ccc2c(c1)N(CC(N)=O)C(=O)C(NC(=O)C(N)Cc1ccccc1)CC2C1CCCCC1. The Kier molecular flexibility index (Phi) is 7.86. The van der Waals surface area contributed by atoms with E-state index in [2.05, 4.69) is 17.4 Å². The number of fused-ring (bicyclic) bond motifs is 1. The van der Waals surface area contributed by atoms with E-state index in [0.717, 1.165) is 35.2 Å². The zero-order valence-corrected chi connectivity index (χ0v) is 20.4. The van der Waals surface area contributed by atoms with Crippen molar-refractivity contribution in [1.29, 1.82) is 0 Å². The van der Waals surface area contributed by atoms with Crippen molar-refractivity contribution in [2.75, 3.05) is 11.4 Å². The summed E-state index contributed by atoms with van der Waals surface area (Å²) in [6, 6.07) is 14.1. The predicted octanol–water partition coefficient (Wildman–Crippen LogP) is 2.94. The third kappa shape index (κ3) is 5.90. The van der Waals surface area contributed by atoms with Crippen molar-refractivity contribution >= 4 is 23.4 Å². The molecule has 7 heteroatoms. The molecule has 1 heterocycles. The van der Waals surface area contributed by atoms with E-state index in [1.807, 2.05) is 43.3 Å². The van der Waals surface area contributed by atoms with Crippen LogP contribution in [0.4, 0.5) is 5.69 Å². The lowest BCUT2D eigenvalue weighted by atomic mass is 9.74. The molecule has 35 heavy (non-hydrogen) atoms. The molecule has 4 rings (SSSR count). The molecular weight excluding hydrogens is 440 g/mol. The molecule has 0 saturated heterocycles. The minimum Gasteiger partial charge on any atom is -0.368 e. The highest BCUT2D eigenvalue weighted by Gasteiger charge is 2.40. The standard InChI is InChI=1S/C28H36N4O3/c1-18-12-13-21-22(20-10-6-3-7-11-20)16-24(28(35)32(17-26(30)33)25(21)14-18)31-27(34)23(29)15-19-8-4-2-5-9-19/h2,4-5,8-9,12-14,20,22-24H,3,6-7,10-11,15-17,29H2,1H3,(H2,30,33)(H,31,34). The first-order valence-electron chi connectivity index (χ1n) is 12.6. The number of hydrogen-bond acceptors (Lipinski definition) is 4. The third-order valence-corrected chi connectivity index (χ3v) is 7.41. The van der Waals surface area contributed by atoms with E-state index in [9.17, 15) is 14.4 Å². The minimum atomic E-state index is -0.782. The molecule has 186 valence electrons. The maximum absolute atomic E-state index is 13.8. The van der Waals surface area contributed by atoms with Gasteiger partial charge in [0.2, 0.25) is 17.7 Å². The maximum atomic E-state index is 13.8. The summed E-state index contributed by atoms with van der Waals surface area (Å²) in [5, 5.41) is 2.94. The first-order chi connectivity index (χ1) is 16.8. The number of benzene rings is 2. The lowest BCUT2D eigenvalue weighted by molar-refractivity contribution is -0.129. The van der Waals surface area contributed by atoms with Crippen molar-refractivity contribution < 1.29 is 14.4 Å². The number of rotatable bonds is 7. The second-order valence-corrected chi connectivity index (χ2v) is 10.1. The summed E-state index contributed by atoms with van der Waals surface area (Å²) in [6.07, 6.45) is 6.61. The van der Waals surface area contributed by atoms with E-state index in [4.69, 9.17) is 11.5 Å². The number of nitrogens with one attached hydrogen (secondary N) is 1. The first-order valence-corrected chi connectivity index (χ1v) is 12.6.